The highest BCUT2D eigenvalue weighted by Crippen LogP contribution is 2.15. The molecule has 0 aliphatic carbocycles. The summed E-state index contributed by atoms with van der Waals surface area (Å²) in [7, 11) is 0. The monoisotopic (exact) mass is 254 g/mol. The molecule has 1 saturated heterocycles. The van der Waals surface area contributed by atoms with Crippen LogP contribution in [0.3, 0.4) is 0 Å². The molecule has 0 aromatic carbocycles. The lowest BCUT2D eigenvalue weighted by Crippen LogP contribution is -2.41. The van der Waals surface area contributed by atoms with Crippen molar-refractivity contribution in [2.24, 2.45) is 11.8 Å². The van der Waals surface area contributed by atoms with Crippen molar-refractivity contribution in [2.75, 3.05) is 26.2 Å². The number of nitrogens with one attached hydrogen (secondary N) is 1. The van der Waals surface area contributed by atoms with Gasteiger partial charge >= 0.3 is 0 Å². The van der Waals surface area contributed by atoms with Crippen molar-refractivity contribution in [1.29, 1.82) is 0 Å². The van der Waals surface area contributed by atoms with E-state index >= 15 is 0 Å². The summed E-state index contributed by atoms with van der Waals surface area (Å²) in [6, 6.07) is 0. The van der Waals surface area contributed by atoms with Crippen LogP contribution in [0.2, 0.25) is 0 Å². The van der Waals surface area contributed by atoms with Gasteiger partial charge < -0.3 is 10.2 Å². The average Bonchev–Trinajstić information content (AvgIpc) is 2.39. The van der Waals surface area contributed by atoms with E-state index in [9.17, 15) is 4.79 Å². The molecule has 3 nitrogen and oxygen atoms in total. The topological polar surface area (TPSA) is 32.3 Å². The van der Waals surface area contributed by atoms with Gasteiger partial charge in [-0.3, -0.25) is 4.79 Å². The van der Waals surface area contributed by atoms with E-state index < -0.39 is 0 Å². The number of piperidine rings is 1. The molecule has 0 saturated carbocycles. The smallest absolute Gasteiger partial charge is 0.222 e. The predicted molar refractivity (Wildman–Crippen MR) is 76.5 cm³/mol. The van der Waals surface area contributed by atoms with E-state index in [0.717, 1.165) is 45.4 Å². The Labute approximate surface area is 112 Å². The van der Waals surface area contributed by atoms with Crippen LogP contribution in [0.1, 0.15) is 52.9 Å². The van der Waals surface area contributed by atoms with Crippen LogP contribution in [-0.4, -0.2) is 37.0 Å². The molecule has 2 unspecified atom stereocenters. The van der Waals surface area contributed by atoms with E-state index in [2.05, 4.69) is 31.0 Å². The zero-order valence-corrected chi connectivity index (χ0v) is 12.4. The van der Waals surface area contributed by atoms with Gasteiger partial charge in [-0.15, -0.1) is 0 Å². The summed E-state index contributed by atoms with van der Waals surface area (Å²) >= 11 is 0. The summed E-state index contributed by atoms with van der Waals surface area (Å²) in [5.74, 6) is 1.53. The Hall–Kier alpha value is -0.570. The first kappa shape index (κ1) is 15.5. The maximum absolute atomic E-state index is 12.3. The Morgan fingerprint density at radius 3 is 2.78 bits per heavy atom. The zero-order chi connectivity index (χ0) is 13.4. The second-order valence-corrected chi connectivity index (χ2v) is 5.77. The highest BCUT2D eigenvalue weighted by atomic mass is 16.2. The number of rotatable bonds is 7. The molecule has 1 amide bonds. The van der Waals surface area contributed by atoms with Gasteiger partial charge in [-0.25, -0.2) is 0 Å². The number of amides is 1. The second-order valence-electron chi connectivity index (χ2n) is 5.77. The lowest BCUT2D eigenvalue weighted by atomic mass is 9.98. The van der Waals surface area contributed by atoms with E-state index in [1.165, 1.54) is 12.8 Å². The summed E-state index contributed by atoms with van der Waals surface area (Å²) in [4.78, 5) is 14.4. The number of nitrogens with zero attached hydrogens (tertiary/aromatic N) is 1. The molecule has 18 heavy (non-hydrogen) atoms. The summed E-state index contributed by atoms with van der Waals surface area (Å²) in [6.45, 7) is 10.6. The van der Waals surface area contributed by atoms with Crippen LogP contribution in [0.25, 0.3) is 0 Å². The maximum Gasteiger partial charge on any atom is 0.222 e. The zero-order valence-electron chi connectivity index (χ0n) is 12.4. The van der Waals surface area contributed by atoms with Crippen molar-refractivity contribution in [3.05, 3.63) is 0 Å². The van der Waals surface area contributed by atoms with E-state index in [0.29, 0.717) is 17.7 Å². The molecule has 1 aliphatic heterocycles. The quantitative estimate of drug-likeness (QED) is 0.757. The van der Waals surface area contributed by atoms with E-state index in [-0.39, 0.29) is 0 Å². The molecule has 1 rings (SSSR count). The molecular weight excluding hydrogens is 224 g/mol. The van der Waals surface area contributed by atoms with Gasteiger partial charge in [0, 0.05) is 19.5 Å². The van der Waals surface area contributed by atoms with Crippen LogP contribution >= 0.6 is 0 Å². The van der Waals surface area contributed by atoms with Gasteiger partial charge in [-0.05, 0) is 44.2 Å². The van der Waals surface area contributed by atoms with Gasteiger partial charge in [0.15, 0.2) is 0 Å². The fourth-order valence-electron chi connectivity index (χ4n) is 2.55. The first-order chi connectivity index (χ1) is 8.67. The number of hydrogen-bond acceptors (Lipinski definition) is 2. The molecule has 1 fully saturated rings. The SMILES string of the molecule is CCCN(CC1CCCNC1)C(=O)CC(C)CC. The third-order valence-corrected chi connectivity index (χ3v) is 3.94. The Balaban J connectivity index is 2.44. The van der Waals surface area contributed by atoms with E-state index in [4.69, 9.17) is 0 Å². The fraction of sp³-hybridized carbons (Fsp3) is 0.933. The molecule has 0 radical (unpaired) electrons. The predicted octanol–water partition coefficient (Wildman–Crippen LogP) is 2.66. The minimum Gasteiger partial charge on any atom is -0.342 e. The number of carbonyl (C=O) groups is 1. The van der Waals surface area contributed by atoms with Gasteiger partial charge in [0.05, 0.1) is 0 Å². The third-order valence-electron chi connectivity index (χ3n) is 3.94. The summed E-state index contributed by atoms with van der Waals surface area (Å²) in [6.07, 6.45) is 5.40. The van der Waals surface area contributed by atoms with Crippen molar-refractivity contribution in [3.63, 3.8) is 0 Å². The molecule has 0 aromatic heterocycles. The maximum atomic E-state index is 12.3. The Kier molecular flexibility index (Phi) is 7.33. The molecule has 3 heteroatoms. The van der Waals surface area contributed by atoms with Gasteiger partial charge in [0.25, 0.3) is 0 Å². The van der Waals surface area contributed by atoms with Crippen LogP contribution in [0.4, 0.5) is 0 Å². The molecule has 0 bridgehead atoms. The molecule has 106 valence electrons. The second kappa shape index (κ2) is 8.52. The van der Waals surface area contributed by atoms with Crippen LogP contribution in [-0.2, 0) is 4.79 Å². The average molecular weight is 254 g/mol. The first-order valence-corrected chi connectivity index (χ1v) is 7.65. The van der Waals surface area contributed by atoms with E-state index in [1.54, 1.807) is 0 Å². The minimum absolute atomic E-state index is 0.358. The highest BCUT2D eigenvalue weighted by Gasteiger charge is 2.21. The van der Waals surface area contributed by atoms with Crippen LogP contribution < -0.4 is 5.32 Å². The Morgan fingerprint density at radius 2 is 2.22 bits per heavy atom. The van der Waals surface area contributed by atoms with Crippen molar-refractivity contribution >= 4 is 5.91 Å². The Morgan fingerprint density at radius 1 is 1.44 bits per heavy atom. The fourth-order valence-corrected chi connectivity index (χ4v) is 2.55. The first-order valence-electron chi connectivity index (χ1n) is 7.65. The van der Waals surface area contributed by atoms with Gasteiger partial charge in [0.1, 0.15) is 0 Å². The normalized spacial score (nSPS) is 21.6. The van der Waals surface area contributed by atoms with Gasteiger partial charge in [-0.2, -0.15) is 0 Å². The standard InChI is InChI=1S/C15H30N2O/c1-4-9-17(15(18)10-13(3)5-2)12-14-7-6-8-16-11-14/h13-14,16H,4-12H2,1-3H3. The molecule has 1 aliphatic rings. The van der Waals surface area contributed by atoms with Gasteiger partial charge in [0.2, 0.25) is 5.91 Å². The van der Waals surface area contributed by atoms with Crippen LogP contribution in [0, 0.1) is 11.8 Å². The summed E-state index contributed by atoms with van der Waals surface area (Å²) in [5, 5.41) is 3.44. The van der Waals surface area contributed by atoms with Crippen LogP contribution in [0.15, 0.2) is 0 Å². The highest BCUT2D eigenvalue weighted by molar-refractivity contribution is 5.76. The van der Waals surface area contributed by atoms with E-state index in [1.807, 2.05) is 0 Å². The molecular formula is C15H30N2O. The largest absolute Gasteiger partial charge is 0.342 e. The lowest BCUT2D eigenvalue weighted by molar-refractivity contribution is -0.132. The van der Waals surface area contributed by atoms with Crippen molar-refractivity contribution in [2.45, 2.75) is 52.9 Å². The number of hydrogen-bond donors (Lipinski definition) is 1. The molecule has 1 N–H and O–H groups in total. The van der Waals surface area contributed by atoms with Crippen LogP contribution in [0.5, 0.6) is 0 Å². The molecule has 1 heterocycles. The van der Waals surface area contributed by atoms with Crippen molar-refractivity contribution in [3.8, 4) is 0 Å². The third kappa shape index (κ3) is 5.38. The van der Waals surface area contributed by atoms with Crippen molar-refractivity contribution in [1.82, 2.24) is 10.2 Å². The Bertz CT molecular complexity index is 237. The minimum atomic E-state index is 0.358. The van der Waals surface area contributed by atoms with Crippen molar-refractivity contribution < 1.29 is 4.79 Å². The molecule has 0 aromatic rings. The molecule has 0 spiro atoms. The molecule has 2 atom stereocenters. The lowest BCUT2D eigenvalue weighted by Gasteiger charge is -2.30. The van der Waals surface area contributed by atoms with Gasteiger partial charge in [-0.1, -0.05) is 27.2 Å². The summed E-state index contributed by atoms with van der Waals surface area (Å²) in [5.41, 5.74) is 0. The number of carbonyl (C=O) groups excluding carboxylic acids is 1. The summed E-state index contributed by atoms with van der Waals surface area (Å²) < 4.78 is 0.